The summed E-state index contributed by atoms with van der Waals surface area (Å²) in [6, 6.07) is 17.9. The molecule has 7 nitrogen and oxygen atoms in total. The minimum Gasteiger partial charge on any atom is -0.490 e. The van der Waals surface area contributed by atoms with Crippen LogP contribution in [0, 0.1) is 20.8 Å². The van der Waals surface area contributed by atoms with Gasteiger partial charge < -0.3 is 14.2 Å². The highest BCUT2D eigenvalue weighted by Crippen LogP contribution is 2.29. The molecule has 1 N–H and O–H groups in total. The zero-order valence-electron chi connectivity index (χ0n) is 19.8. The molecule has 0 unspecified atom stereocenters. The van der Waals surface area contributed by atoms with Crippen molar-refractivity contribution < 1.29 is 23.8 Å². The third kappa shape index (κ3) is 6.68. The summed E-state index contributed by atoms with van der Waals surface area (Å²) in [6.45, 7) is 7.88. The summed E-state index contributed by atoms with van der Waals surface area (Å²) in [5.41, 5.74) is 6.53. The smallest absolute Gasteiger partial charge is 0.343 e. The van der Waals surface area contributed by atoms with Gasteiger partial charge in [-0.1, -0.05) is 35.9 Å². The van der Waals surface area contributed by atoms with Crippen LogP contribution in [0.15, 0.2) is 65.8 Å². The van der Waals surface area contributed by atoms with Crippen molar-refractivity contribution in [1.82, 2.24) is 5.43 Å². The fourth-order valence-corrected chi connectivity index (χ4v) is 3.18. The molecule has 0 saturated carbocycles. The number of para-hydroxylation sites is 1. The Morgan fingerprint density at radius 3 is 2.29 bits per heavy atom. The molecule has 0 spiro atoms. The fourth-order valence-electron chi connectivity index (χ4n) is 3.18. The average Bonchev–Trinajstić information content (AvgIpc) is 2.81. The molecular formula is C27H28N2O5. The van der Waals surface area contributed by atoms with E-state index < -0.39 is 5.97 Å². The molecule has 0 heterocycles. The summed E-state index contributed by atoms with van der Waals surface area (Å²) in [6.07, 6.45) is 1.48. The molecule has 1 amide bonds. The fraction of sp³-hybridized carbons (Fsp3) is 0.222. The molecule has 3 rings (SSSR count). The van der Waals surface area contributed by atoms with Crippen LogP contribution in [-0.2, 0) is 4.79 Å². The maximum absolute atomic E-state index is 12.5. The SMILES string of the molecule is CCOc1cc(C=NNC(=O)COc2c(C)cccc2C)ccc1OC(=O)c1ccc(C)cc1. The number of hydrogen-bond acceptors (Lipinski definition) is 6. The van der Waals surface area contributed by atoms with E-state index in [-0.39, 0.29) is 12.5 Å². The van der Waals surface area contributed by atoms with Gasteiger partial charge in [0.15, 0.2) is 18.1 Å². The molecule has 0 aliphatic heterocycles. The Hall–Kier alpha value is -4.13. The molecule has 0 saturated heterocycles. The summed E-state index contributed by atoms with van der Waals surface area (Å²) in [5, 5.41) is 3.98. The number of hydrazone groups is 1. The predicted octanol–water partition coefficient (Wildman–Crippen LogP) is 4.76. The molecule has 0 fully saturated rings. The lowest BCUT2D eigenvalue weighted by Gasteiger charge is -2.12. The van der Waals surface area contributed by atoms with E-state index in [1.807, 2.05) is 58.0 Å². The summed E-state index contributed by atoms with van der Waals surface area (Å²) >= 11 is 0. The second-order valence-electron chi connectivity index (χ2n) is 7.70. The van der Waals surface area contributed by atoms with Gasteiger partial charge in [-0.15, -0.1) is 0 Å². The third-order valence-corrected chi connectivity index (χ3v) is 4.92. The van der Waals surface area contributed by atoms with Gasteiger partial charge in [-0.2, -0.15) is 5.10 Å². The standard InChI is InChI=1S/C27H28N2O5/c1-5-32-24-15-21(11-14-23(24)34-27(31)22-12-9-18(2)10-13-22)16-28-29-25(30)17-33-26-19(3)7-6-8-20(26)4/h6-16H,5,17H2,1-4H3,(H,29,30). The summed E-state index contributed by atoms with van der Waals surface area (Å²) in [4.78, 5) is 24.6. The zero-order chi connectivity index (χ0) is 24.5. The van der Waals surface area contributed by atoms with Crippen molar-refractivity contribution in [3.05, 3.63) is 88.5 Å². The molecule has 0 aliphatic carbocycles. The largest absolute Gasteiger partial charge is 0.490 e. The van der Waals surface area contributed by atoms with E-state index in [1.165, 1.54) is 6.21 Å². The molecule has 7 heteroatoms. The van der Waals surface area contributed by atoms with Crippen LogP contribution in [0.25, 0.3) is 0 Å². The quantitative estimate of drug-likeness (QED) is 0.215. The molecule has 0 aromatic heterocycles. The van der Waals surface area contributed by atoms with Gasteiger partial charge in [0, 0.05) is 0 Å². The van der Waals surface area contributed by atoms with Gasteiger partial charge in [-0.25, -0.2) is 10.2 Å². The molecule has 34 heavy (non-hydrogen) atoms. The maximum atomic E-state index is 12.5. The zero-order valence-corrected chi connectivity index (χ0v) is 19.8. The van der Waals surface area contributed by atoms with Crippen molar-refractivity contribution in [2.45, 2.75) is 27.7 Å². The topological polar surface area (TPSA) is 86.2 Å². The third-order valence-electron chi connectivity index (χ3n) is 4.92. The van der Waals surface area contributed by atoms with Crippen LogP contribution in [-0.4, -0.2) is 31.3 Å². The molecule has 0 radical (unpaired) electrons. The Bertz CT molecular complexity index is 1170. The number of esters is 1. The number of benzene rings is 3. The number of carbonyl (C=O) groups is 2. The van der Waals surface area contributed by atoms with Crippen LogP contribution in [0.5, 0.6) is 17.2 Å². The van der Waals surface area contributed by atoms with E-state index in [1.54, 1.807) is 30.3 Å². The molecule has 3 aromatic carbocycles. The Kier molecular flexibility index (Phi) is 8.40. The minimum atomic E-state index is -0.474. The summed E-state index contributed by atoms with van der Waals surface area (Å²) in [7, 11) is 0. The lowest BCUT2D eigenvalue weighted by molar-refractivity contribution is -0.123. The molecule has 0 bridgehead atoms. The van der Waals surface area contributed by atoms with Gasteiger partial charge in [0.1, 0.15) is 5.75 Å². The van der Waals surface area contributed by atoms with E-state index in [2.05, 4.69) is 10.5 Å². The Labute approximate surface area is 199 Å². The van der Waals surface area contributed by atoms with Gasteiger partial charge in [0.2, 0.25) is 0 Å². The molecule has 3 aromatic rings. The van der Waals surface area contributed by atoms with Gasteiger partial charge in [0.25, 0.3) is 5.91 Å². The van der Waals surface area contributed by atoms with Crippen LogP contribution >= 0.6 is 0 Å². The normalized spacial score (nSPS) is 10.7. The van der Waals surface area contributed by atoms with Crippen LogP contribution < -0.4 is 19.6 Å². The van der Waals surface area contributed by atoms with Crippen molar-refractivity contribution >= 4 is 18.1 Å². The summed E-state index contributed by atoms with van der Waals surface area (Å²) in [5.74, 6) is 0.539. The van der Waals surface area contributed by atoms with Crippen molar-refractivity contribution in [1.29, 1.82) is 0 Å². The number of nitrogens with zero attached hydrogens (tertiary/aromatic N) is 1. The first-order valence-electron chi connectivity index (χ1n) is 10.9. The van der Waals surface area contributed by atoms with Crippen molar-refractivity contribution in [2.24, 2.45) is 5.10 Å². The van der Waals surface area contributed by atoms with Gasteiger partial charge >= 0.3 is 5.97 Å². The van der Waals surface area contributed by atoms with E-state index in [0.29, 0.717) is 35.0 Å². The van der Waals surface area contributed by atoms with E-state index >= 15 is 0 Å². The van der Waals surface area contributed by atoms with Gasteiger partial charge in [-0.3, -0.25) is 4.79 Å². The van der Waals surface area contributed by atoms with Crippen LogP contribution in [0.3, 0.4) is 0 Å². The van der Waals surface area contributed by atoms with Crippen molar-refractivity contribution in [3.8, 4) is 17.2 Å². The van der Waals surface area contributed by atoms with E-state index in [0.717, 1.165) is 16.7 Å². The number of carbonyl (C=O) groups excluding carboxylic acids is 2. The first-order chi connectivity index (χ1) is 16.4. The molecule has 0 atom stereocenters. The maximum Gasteiger partial charge on any atom is 0.343 e. The number of amides is 1. The van der Waals surface area contributed by atoms with Crippen LogP contribution in [0.2, 0.25) is 0 Å². The number of ether oxygens (including phenoxy) is 3. The predicted molar refractivity (Wildman–Crippen MR) is 131 cm³/mol. The Morgan fingerprint density at radius 2 is 1.62 bits per heavy atom. The second kappa shape index (κ2) is 11.7. The second-order valence-corrected chi connectivity index (χ2v) is 7.70. The molecule has 0 aliphatic rings. The minimum absolute atomic E-state index is 0.152. The average molecular weight is 461 g/mol. The van der Waals surface area contributed by atoms with E-state index in [4.69, 9.17) is 14.2 Å². The highest BCUT2D eigenvalue weighted by Gasteiger charge is 2.13. The van der Waals surface area contributed by atoms with Gasteiger partial charge in [0.05, 0.1) is 18.4 Å². The monoisotopic (exact) mass is 460 g/mol. The number of rotatable bonds is 9. The van der Waals surface area contributed by atoms with Crippen molar-refractivity contribution in [2.75, 3.05) is 13.2 Å². The Balaban J connectivity index is 1.61. The number of hydrogen-bond donors (Lipinski definition) is 1. The number of nitrogens with one attached hydrogen (secondary N) is 1. The lowest BCUT2D eigenvalue weighted by Crippen LogP contribution is -2.25. The number of aryl methyl sites for hydroxylation is 3. The first-order valence-corrected chi connectivity index (χ1v) is 10.9. The lowest BCUT2D eigenvalue weighted by atomic mass is 10.1. The molecule has 176 valence electrons. The van der Waals surface area contributed by atoms with E-state index in [9.17, 15) is 9.59 Å². The van der Waals surface area contributed by atoms with Crippen LogP contribution in [0.4, 0.5) is 0 Å². The highest BCUT2D eigenvalue weighted by molar-refractivity contribution is 5.91. The Morgan fingerprint density at radius 1 is 0.912 bits per heavy atom. The first kappa shape index (κ1) is 24.5. The molecular weight excluding hydrogens is 432 g/mol. The highest BCUT2D eigenvalue weighted by atomic mass is 16.6. The van der Waals surface area contributed by atoms with Gasteiger partial charge in [-0.05, 0) is 74.7 Å². The van der Waals surface area contributed by atoms with Crippen LogP contribution in [0.1, 0.15) is 39.5 Å². The van der Waals surface area contributed by atoms with Crippen molar-refractivity contribution in [3.63, 3.8) is 0 Å². The summed E-state index contributed by atoms with van der Waals surface area (Å²) < 4.78 is 16.8.